The Morgan fingerprint density at radius 3 is 2.06 bits per heavy atom. The van der Waals surface area contributed by atoms with Crippen molar-refractivity contribution in [3.05, 3.63) is 158 Å². The van der Waals surface area contributed by atoms with Crippen LogP contribution in [0.5, 0.6) is 0 Å². The number of thiophene rings is 1. The second-order valence-corrected chi connectivity index (χ2v) is 13.0. The quantitative estimate of drug-likeness (QED) is 0.192. The van der Waals surface area contributed by atoms with Crippen LogP contribution in [0.1, 0.15) is 0 Å². The molecule has 3 nitrogen and oxygen atoms in total. The molecule has 0 atom stereocenters. The van der Waals surface area contributed by atoms with Crippen molar-refractivity contribution in [3.8, 4) is 45.2 Å². The Morgan fingerprint density at radius 1 is 0.489 bits per heavy atom. The summed E-state index contributed by atoms with van der Waals surface area (Å²) in [5.41, 5.74) is 9.83. The first-order valence-corrected chi connectivity index (χ1v) is 16.6. The molecule has 7 aromatic carbocycles. The van der Waals surface area contributed by atoms with E-state index in [-0.39, 0.29) is 0 Å². The molecule has 220 valence electrons. The highest BCUT2D eigenvalue weighted by Crippen LogP contribution is 2.53. The molecule has 0 radical (unpaired) electrons. The van der Waals surface area contributed by atoms with Crippen LogP contribution in [0.2, 0.25) is 0 Å². The van der Waals surface area contributed by atoms with Gasteiger partial charge in [-0.3, -0.25) is 0 Å². The Morgan fingerprint density at radius 2 is 1.19 bits per heavy atom. The molecule has 2 heterocycles. The van der Waals surface area contributed by atoms with Gasteiger partial charge in [0.25, 0.3) is 0 Å². The maximum Gasteiger partial charge on any atom is 0.227 e. The van der Waals surface area contributed by atoms with E-state index in [4.69, 9.17) is 9.40 Å². The van der Waals surface area contributed by atoms with Gasteiger partial charge in [-0.15, -0.1) is 11.3 Å². The van der Waals surface area contributed by atoms with E-state index in [0.717, 1.165) is 50.6 Å². The van der Waals surface area contributed by atoms with Crippen molar-refractivity contribution in [2.45, 2.75) is 0 Å². The van der Waals surface area contributed by atoms with E-state index in [1.165, 1.54) is 36.7 Å². The molecule has 0 amide bonds. The summed E-state index contributed by atoms with van der Waals surface area (Å²) in [6.07, 6.45) is 0. The third-order valence-corrected chi connectivity index (χ3v) is 10.4. The average molecular weight is 619 g/mol. The lowest BCUT2D eigenvalue weighted by atomic mass is 9.99. The lowest BCUT2D eigenvalue weighted by molar-refractivity contribution is 0.590. The van der Waals surface area contributed by atoms with E-state index >= 15 is 0 Å². The van der Waals surface area contributed by atoms with Gasteiger partial charge in [0.05, 0.1) is 11.4 Å². The van der Waals surface area contributed by atoms with Crippen LogP contribution in [0.3, 0.4) is 0 Å². The van der Waals surface area contributed by atoms with Crippen LogP contribution in [0.25, 0.3) is 76.1 Å². The van der Waals surface area contributed by atoms with Crippen LogP contribution in [0.4, 0.5) is 17.1 Å². The molecule has 0 N–H and O–H groups in total. The predicted molar refractivity (Wildman–Crippen MR) is 197 cm³/mol. The van der Waals surface area contributed by atoms with E-state index < -0.39 is 0 Å². The van der Waals surface area contributed by atoms with Gasteiger partial charge < -0.3 is 9.32 Å². The van der Waals surface area contributed by atoms with Gasteiger partial charge in [0, 0.05) is 53.3 Å². The highest BCUT2D eigenvalue weighted by molar-refractivity contribution is 7.26. The van der Waals surface area contributed by atoms with E-state index in [1.807, 2.05) is 41.7 Å². The predicted octanol–water partition coefficient (Wildman–Crippen LogP) is 12.6. The van der Waals surface area contributed by atoms with Gasteiger partial charge in [0.1, 0.15) is 5.69 Å². The lowest BCUT2D eigenvalue weighted by Crippen LogP contribution is -2.11. The molecule has 9 aromatic rings. The van der Waals surface area contributed by atoms with Crippen LogP contribution in [-0.4, -0.2) is 4.98 Å². The van der Waals surface area contributed by atoms with Crippen LogP contribution in [0.15, 0.2) is 162 Å². The minimum absolute atomic E-state index is 0.651. The van der Waals surface area contributed by atoms with Gasteiger partial charge in [-0.2, -0.15) is 0 Å². The molecule has 1 aliphatic rings. The second-order valence-electron chi connectivity index (χ2n) is 11.9. The van der Waals surface area contributed by atoms with Crippen molar-refractivity contribution in [2.24, 2.45) is 0 Å². The molecule has 0 fully saturated rings. The van der Waals surface area contributed by atoms with Gasteiger partial charge in [-0.1, -0.05) is 103 Å². The summed E-state index contributed by atoms with van der Waals surface area (Å²) in [6.45, 7) is 0. The molecule has 4 heteroatoms. The largest absolute Gasteiger partial charge is 0.435 e. The molecule has 0 saturated heterocycles. The van der Waals surface area contributed by atoms with Gasteiger partial charge in [0.2, 0.25) is 5.89 Å². The number of oxazole rings is 1. The molecule has 0 unspecified atom stereocenters. The minimum Gasteiger partial charge on any atom is -0.435 e. The maximum atomic E-state index is 6.49. The first-order valence-electron chi connectivity index (χ1n) is 15.8. The SMILES string of the molecule is c1ccc(-c2cccc(N(c3ccc4c5c(cccc35)-c3oc(-c5ccccc5)nc3-4)c3cccc4sc5ccccc5c34)c2)cc1. The second kappa shape index (κ2) is 10.3. The fraction of sp³-hybridized carbons (Fsp3) is 0. The number of hydrogen-bond donors (Lipinski definition) is 0. The molecule has 10 rings (SSSR count). The number of nitrogens with zero attached hydrogens (tertiary/aromatic N) is 2. The fourth-order valence-electron chi connectivity index (χ4n) is 7.17. The third kappa shape index (κ3) is 4.02. The molecule has 0 saturated carbocycles. The lowest BCUT2D eigenvalue weighted by Gasteiger charge is -2.28. The standard InChI is InChI=1S/C43H26N2OS/c1-3-12-27(13-4-1)29-16-9-17-30(26-29)45(36-21-11-23-38-40(36)32-18-7-8-22-37(32)47-38)35-25-24-33-39-31(35)19-10-20-34(39)42-41(33)44-43(46-42)28-14-5-2-6-15-28/h1-26H. The van der Waals surface area contributed by atoms with Crippen molar-refractivity contribution >= 4 is 59.3 Å². The summed E-state index contributed by atoms with van der Waals surface area (Å²) in [6, 6.07) is 56.1. The van der Waals surface area contributed by atoms with E-state index in [9.17, 15) is 0 Å². The Hall–Kier alpha value is -5.97. The van der Waals surface area contributed by atoms with Gasteiger partial charge in [0.15, 0.2) is 5.76 Å². The molecule has 1 aliphatic carbocycles. The summed E-state index contributed by atoms with van der Waals surface area (Å²) in [7, 11) is 0. The number of benzene rings is 7. The number of fused-ring (bicyclic) bond motifs is 6. The molecule has 0 aliphatic heterocycles. The highest BCUT2D eigenvalue weighted by atomic mass is 32.1. The molecule has 47 heavy (non-hydrogen) atoms. The Bertz CT molecular complexity index is 2610. The third-order valence-electron chi connectivity index (χ3n) is 9.24. The number of anilines is 3. The van der Waals surface area contributed by atoms with Crippen LogP contribution >= 0.6 is 11.3 Å². The summed E-state index contributed by atoms with van der Waals surface area (Å²) in [5, 5.41) is 4.88. The number of rotatable bonds is 5. The van der Waals surface area contributed by atoms with Crippen molar-refractivity contribution < 1.29 is 4.42 Å². The highest BCUT2D eigenvalue weighted by Gasteiger charge is 2.30. The maximum absolute atomic E-state index is 6.49. The number of hydrogen-bond acceptors (Lipinski definition) is 4. The Labute approximate surface area is 275 Å². The monoisotopic (exact) mass is 618 g/mol. The van der Waals surface area contributed by atoms with E-state index in [1.54, 1.807) is 0 Å². The zero-order valence-electron chi connectivity index (χ0n) is 25.2. The van der Waals surface area contributed by atoms with Gasteiger partial charge in [-0.05, 0) is 65.7 Å². The van der Waals surface area contributed by atoms with Gasteiger partial charge >= 0.3 is 0 Å². The molecular formula is C43H26N2OS. The molecule has 0 spiro atoms. The van der Waals surface area contributed by atoms with Crippen LogP contribution in [0, 0.1) is 0 Å². The molecule has 0 bridgehead atoms. The van der Waals surface area contributed by atoms with Crippen molar-refractivity contribution in [1.29, 1.82) is 0 Å². The van der Waals surface area contributed by atoms with Gasteiger partial charge in [-0.25, -0.2) is 4.98 Å². The zero-order chi connectivity index (χ0) is 30.9. The Kier molecular flexibility index (Phi) is 5.74. The van der Waals surface area contributed by atoms with E-state index in [0.29, 0.717) is 5.89 Å². The topological polar surface area (TPSA) is 29.3 Å². The van der Waals surface area contributed by atoms with E-state index in [2.05, 4.69) is 132 Å². The minimum atomic E-state index is 0.651. The summed E-state index contributed by atoms with van der Waals surface area (Å²) in [4.78, 5) is 7.47. The zero-order valence-corrected chi connectivity index (χ0v) is 26.0. The molecule has 2 aromatic heterocycles. The summed E-state index contributed by atoms with van der Waals surface area (Å²) < 4.78 is 9.06. The first-order chi connectivity index (χ1) is 23.3. The van der Waals surface area contributed by atoms with Crippen molar-refractivity contribution in [2.75, 3.05) is 4.90 Å². The average Bonchev–Trinajstić information content (AvgIpc) is 3.83. The normalized spacial score (nSPS) is 11.8. The number of aromatic nitrogens is 1. The van der Waals surface area contributed by atoms with Crippen molar-refractivity contribution in [1.82, 2.24) is 4.98 Å². The smallest absolute Gasteiger partial charge is 0.227 e. The molecular weight excluding hydrogens is 593 g/mol. The summed E-state index contributed by atoms with van der Waals surface area (Å²) >= 11 is 1.85. The summed E-state index contributed by atoms with van der Waals surface area (Å²) in [5.74, 6) is 1.49. The van der Waals surface area contributed by atoms with Crippen molar-refractivity contribution in [3.63, 3.8) is 0 Å². The van der Waals surface area contributed by atoms with Crippen LogP contribution in [-0.2, 0) is 0 Å². The van der Waals surface area contributed by atoms with Crippen LogP contribution < -0.4 is 4.90 Å². The Balaban J connectivity index is 1.23. The fourth-order valence-corrected chi connectivity index (χ4v) is 8.29. The first kappa shape index (κ1) is 26.3.